The van der Waals surface area contributed by atoms with Crippen molar-refractivity contribution in [1.82, 2.24) is 4.90 Å². The van der Waals surface area contributed by atoms with Crippen molar-refractivity contribution in [2.24, 2.45) is 0 Å². The standard InChI is InChI=1S/C24H19ClN2O2/c1-16-6-5-9-20(14-16)26-22-21(18-10-12-19(25)13-11-18)23(28)27(24(22)29)15-17-7-3-2-4-8-17/h2-14,26H,15H2,1H3. The van der Waals surface area contributed by atoms with Gasteiger partial charge in [-0.1, -0.05) is 66.2 Å². The van der Waals surface area contributed by atoms with Crippen LogP contribution in [0.2, 0.25) is 5.02 Å². The number of aryl methyl sites for hydroxylation is 1. The molecule has 1 aliphatic heterocycles. The Labute approximate surface area is 174 Å². The minimum absolute atomic E-state index is 0.217. The number of anilines is 1. The molecule has 0 fully saturated rings. The van der Waals surface area contributed by atoms with Gasteiger partial charge in [-0.25, -0.2) is 0 Å². The third kappa shape index (κ3) is 3.93. The number of rotatable bonds is 5. The highest BCUT2D eigenvalue weighted by Crippen LogP contribution is 2.32. The molecule has 2 amide bonds. The predicted molar refractivity (Wildman–Crippen MR) is 115 cm³/mol. The van der Waals surface area contributed by atoms with Gasteiger partial charge in [0.1, 0.15) is 5.70 Å². The van der Waals surface area contributed by atoms with E-state index in [2.05, 4.69) is 5.32 Å². The highest BCUT2D eigenvalue weighted by atomic mass is 35.5. The Kier molecular flexibility index (Phi) is 5.19. The summed E-state index contributed by atoms with van der Waals surface area (Å²) in [5.41, 5.74) is 3.98. The topological polar surface area (TPSA) is 49.4 Å². The Morgan fingerprint density at radius 3 is 2.28 bits per heavy atom. The molecule has 0 unspecified atom stereocenters. The van der Waals surface area contributed by atoms with Crippen LogP contribution in [0.25, 0.3) is 5.57 Å². The van der Waals surface area contributed by atoms with Crippen molar-refractivity contribution in [3.05, 3.63) is 106 Å². The van der Waals surface area contributed by atoms with Gasteiger partial charge in [0.05, 0.1) is 12.1 Å². The Morgan fingerprint density at radius 1 is 0.862 bits per heavy atom. The van der Waals surface area contributed by atoms with Gasteiger partial charge in [0.2, 0.25) is 0 Å². The third-order valence-corrected chi connectivity index (χ3v) is 5.02. The molecule has 0 saturated carbocycles. The van der Waals surface area contributed by atoms with Crippen LogP contribution in [0.1, 0.15) is 16.7 Å². The minimum Gasteiger partial charge on any atom is -0.350 e. The maximum Gasteiger partial charge on any atom is 0.278 e. The van der Waals surface area contributed by atoms with Crippen LogP contribution in [0, 0.1) is 6.92 Å². The summed E-state index contributed by atoms with van der Waals surface area (Å²) in [6.45, 7) is 2.19. The Bertz CT molecular complexity index is 1110. The van der Waals surface area contributed by atoms with Gasteiger partial charge in [0, 0.05) is 10.7 Å². The minimum atomic E-state index is -0.342. The summed E-state index contributed by atoms with van der Waals surface area (Å²) < 4.78 is 0. The molecule has 0 aromatic heterocycles. The summed E-state index contributed by atoms with van der Waals surface area (Å²) in [7, 11) is 0. The molecule has 5 heteroatoms. The van der Waals surface area contributed by atoms with E-state index in [1.54, 1.807) is 24.3 Å². The van der Waals surface area contributed by atoms with Gasteiger partial charge in [-0.05, 0) is 47.9 Å². The Morgan fingerprint density at radius 2 is 1.59 bits per heavy atom. The van der Waals surface area contributed by atoms with Crippen LogP contribution in [0.5, 0.6) is 0 Å². The fourth-order valence-corrected chi connectivity index (χ4v) is 3.48. The molecule has 0 saturated heterocycles. The van der Waals surface area contributed by atoms with Gasteiger partial charge in [0.25, 0.3) is 11.8 Å². The van der Waals surface area contributed by atoms with Gasteiger partial charge >= 0.3 is 0 Å². The highest BCUT2D eigenvalue weighted by Gasteiger charge is 2.39. The van der Waals surface area contributed by atoms with Gasteiger partial charge in [0.15, 0.2) is 0 Å². The lowest BCUT2D eigenvalue weighted by Crippen LogP contribution is -2.31. The highest BCUT2D eigenvalue weighted by molar-refractivity contribution is 6.36. The fourth-order valence-electron chi connectivity index (χ4n) is 3.35. The Balaban J connectivity index is 1.75. The van der Waals surface area contributed by atoms with Crippen LogP contribution in [0.15, 0.2) is 84.6 Å². The number of carbonyl (C=O) groups excluding carboxylic acids is 2. The number of hydrogen-bond acceptors (Lipinski definition) is 3. The SMILES string of the molecule is Cc1cccc(NC2=C(c3ccc(Cl)cc3)C(=O)N(Cc3ccccc3)C2=O)c1. The molecule has 0 atom stereocenters. The van der Waals surface area contributed by atoms with Gasteiger partial charge in [-0.2, -0.15) is 0 Å². The number of hydrogen-bond donors (Lipinski definition) is 1. The molecule has 3 aromatic carbocycles. The average Bonchev–Trinajstić information content (AvgIpc) is 2.94. The predicted octanol–water partition coefficient (Wildman–Crippen LogP) is 5.04. The monoisotopic (exact) mass is 402 g/mol. The zero-order valence-electron chi connectivity index (χ0n) is 15.9. The summed E-state index contributed by atoms with van der Waals surface area (Å²) in [6.07, 6.45) is 0. The van der Waals surface area contributed by atoms with Gasteiger partial charge in [-0.3, -0.25) is 14.5 Å². The second-order valence-corrected chi connectivity index (χ2v) is 7.37. The van der Waals surface area contributed by atoms with E-state index in [4.69, 9.17) is 11.6 Å². The van der Waals surface area contributed by atoms with Crippen LogP contribution < -0.4 is 5.32 Å². The molecule has 4 rings (SSSR count). The maximum atomic E-state index is 13.2. The van der Waals surface area contributed by atoms with Crippen molar-refractivity contribution in [2.45, 2.75) is 13.5 Å². The van der Waals surface area contributed by atoms with Crippen molar-refractivity contribution < 1.29 is 9.59 Å². The third-order valence-electron chi connectivity index (χ3n) is 4.77. The van der Waals surface area contributed by atoms with E-state index in [-0.39, 0.29) is 24.1 Å². The summed E-state index contributed by atoms with van der Waals surface area (Å²) in [5.74, 6) is -0.665. The molecule has 0 aliphatic carbocycles. The van der Waals surface area contributed by atoms with Crippen LogP contribution in [0.4, 0.5) is 5.69 Å². The van der Waals surface area contributed by atoms with Crippen molar-refractivity contribution in [3.63, 3.8) is 0 Å². The second kappa shape index (κ2) is 7.94. The number of nitrogens with zero attached hydrogens (tertiary/aromatic N) is 1. The summed E-state index contributed by atoms with van der Waals surface area (Å²) in [5, 5.41) is 3.75. The van der Waals surface area contributed by atoms with Gasteiger partial charge < -0.3 is 5.32 Å². The zero-order chi connectivity index (χ0) is 20.4. The molecule has 1 aliphatic rings. The molecule has 1 heterocycles. The molecule has 0 spiro atoms. The quantitative estimate of drug-likeness (QED) is 0.608. The number of imide groups is 1. The first-order chi connectivity index (χ1) is 14.0. The van der Waals surface area contributed by atoms with Crippen LogP contribution in [0.3, 0.4) is 0 Å². The van der Waals surface area contributed by atoms with E-state index < -0.39 is 0 Å². The molecule has 1 N–H and O–H groups in total. The summed E-state index contributed by atoms with van der Waals surface area (Å²) >= 11 is 6.01. The molecule has 0 radical (unpaired) electrons. The van der Waals surface area contributed by atoms with Crippen LogP contribution in [-0.2, 0) is 16.1 Å². The van der Waals surface area contributed by atoms with Crippen molar-refractivity contribution in [3.8, 4) is 0 Å². The smallest absolute Gasteiger partial charge is 0.278 e. The number of nitrogens with one attached hydrogen (secondary N) is 1. The first kappa shape index (κ1) is 19.0. The largest absolute Gasteiger partial charge is 0.350 e. The lowest BCUT2D eigenvalue weighted by atomic mass is 10.0. The van der Waals surface area contributed by atoms with Crippen LogP contribution >= 0.6 is 11.6 Å². The van der Waals surface area contributed by atoms with Crippen LogP contribution in [-0.4, -0.2) is 16.7 Å². The number of halogens is 1. The van der Waals surface area contributed by atoms with Crippen molar-refractivity contribution in [2.75, 3.05) is 5.32 Å². The normalized spacial score (nSPS) is 13.9. The maximum absolute atomic E-state index is 13.2. The number of amides is 2. The van der Waals surface area contributed by atoms with E-state index in [1.807, 2.05) is 61.5 Å². The molecule has 144 valence electrons. The molecule has 0 bridgehead atoms. The molecular weight excluding hydrogens is 384 g/mol. The Hall–Kier alpha value is -3.37. The summed E-state index contributed by atoms with van der Waals surface area (Å²) in [6, 6.07) is 24.1. The van der Waals surface area contributed by atoms with Crippen molar-refractivity contribution >= 4 is 34.7 Å². The zero-order valence-corrected chi connectivity index (χ0v) is 16.6. The molecular formula is C24H19ClN2O2. The fraction of sp³-hybridized carbons (Fsp3) is 0.0833. The van der Waals surface area contributed by atoms with E-state index in [0.29, 0.717) is 16.2 Å². The lowest BCUT2D eigenvalue weighted by Gasteiger charge is -2.15. The van der Waals surface area contributed by atoms with E-state index in [9.17, 15) is 9.59 Å². The van der Waals surface area contributed by atoms with Gasteiger partial charge in [-0.15, -0.1) is 0 Å². The number of carbonyl (C=O) groups is 2. The first-order valence-electron chi connectivity index (χ1n) is 9.27. The average molecular weight is 403 g/mol. The van der Waals surface area contributed by atoms with E-state index in [1.165, 1.54) is 4.90 Å². The summed E-state index contributed by atoms with van der Waals surface area (Å²) in [4.78, 5) is 27.7. The second-order valence-electron chi connectivity index (χ2n) is 6.93. The molecule has 3 aromatic rings. The molecule has 29 heavy (non-hydrogen) atoms. The molecule has 4 nitrogen and oxygen atoms in total. The number of benzene rings is 3. The van der Waals surface area contributed by atoms with Crippen molar-refractivity contribution in [1.29, 1.82) is 0 Å². The lowest BCUT2D eigenvalue weighted by molar-refractivity contribution is -0.137. The van der Waals surface area contributed by atoms with E-state index in [0.717, 1.165) is 16.8 Å². The first-order valence-corrected chi connectivity index (χ1v) is 9.65. The van der Waals surface area contributed by atoms with E-state index >= 15 is 0 Å².